The maximum absolute atomic E-state index is 12.4. The number of carbonyl (C=O) groups is 2. The van der Waals surface area contributed by atoms with Crippen molar-refractivity contribution in [1.82, 2.24) is 0 Å². The summed E-state index contributed by atoms with van der Waals surface area (Å²) in [5, 5.41) is 5.87. The normalized spacial score (nSPS) is 10.4. The van der Waals surface area contributed by atoms with Crippen LogP contribution in [-0.2, 0) is 0 Å². The van der Waals surface area contributed by atoms with Gasteiger partial charge in [0.1, 0.15) is 0 Å². The first-order valence-electron chi connectivity index (χ1n) is 9.95. The number of rotatable bonds is 7. The number of amides is 2. The average Bonchev–Trinajstić information content (AvgIpc) is 2.84. The SMILES string of the molecule is O=C(Nc1cccc(SSc2cccc(NC(=O)c3ccccc3)c2)c1)c1ccccc1. The molecule has 0 aliphatic rings. The molecule has 0 bridgehead atoms. The predicted molar refractivity (Wildman–Crippen MR) is 133 cm³/mol. The van der Waals surface area contributed by atoms with Crippen LogP contribution in [0.2, 0.25) is 0 Å². The topological polar surface area (TPSA) is 58.2 Å². The van der Waals surface area contributed by atoms with Crippen molar-refractivity contribution in [1.29, 1.82) is 0 Å². The van der Waals surface area contributed by atoms with Crippen LogP contribution in [0.15, 0.2) is 119 Å². The van der Waals surface area contributed by atoms with E-state index in [4.69, 9.17) is 0 Å². The molecule has 2 amide bonds. The summed E-state index contributed by atoms with van der Waals surface area (Å²) in [6.07, 6.45) is 0. The van der Waals surface area contributed by atoms with E-state index in [1.165, 1.54) is 0 Å². The van der Waals surface area contributed by atoms with E-state index in [-0.39, 0.29) is 11.8 Å². The molecule has 32 heavy (non-hydrogen) atoms. The molecule has 0 atom stereocenters. The van der Waals surface area contributed by atoms with Gasteiger partial charge in [-0.15, -0.1) is 0 Å². The number of hydrogen-bond donors (Lipinski definition) is 2. The van der Waals surface area contributed by atoms with Gasteiger partial charge in [-0.05, 0) is 60.7 Å². The molecular formula is C26H20N2O2S2. The van der Waals surface area contributed by atoms with Crippen molar-refractivity contribution in [2.75, 3.05) is 10.6 Å². The van der Waals surface area contributed by atoms with E-state index in [2.05, 4.69) is 10.6 Å². The maximum Gasteiger partial charge on any atom is 0.255 e. The summed E-state index contributed by atoms with van der Waals surface area (Å²) in [5.41, 5.74) is 2.73. The Labute approximate surface area is 194 Å². The molecule has 0 saturated carbocycles. The summed E-state index contributed by atoms with van der Waals surface area (Å²) >= 11 is 0. The lowest BCUT2D eigenvalue weighted by Gasteiger charge is -2.09. The standard InChI is InChI=1S/C26H20N2O2S2/c29-25(19-9-3-1-4-10-19)27-21-13-7-15-23(17-21)31-32-24-16-8-14-22(18-24)28-26(30)20-11-5-2-6-12-20/h1-18H,(H,27,29)(H,28,30). The van der Waals surface area contributed by atoms with Crippen molar-refractivity contribution in [3.8, 4) is 0 Å². The number of carbonyl (C=O) groups excluding carboxylic acids is 2. The van der Waals surface area contributed by atoms with Crippen LogP contribution < -0.4 is 10.6 Å². The van der Waals surface area contributed by atoms with Crippen molar-refractivity contribution in [3.63, 3.8) is 0 Å². The third-order valence-electron chi connectivity index (χ3n) is 4.49. The highest BCUT2D eigenvalue weighted by Gasteiger charge is 2.08. The molecule has 4 aromatic carbocycles. The summed E-state index contributed by atoms with van der Waals surface area (Å²) in [4.78, 5) is 26.8. The van der Waals surface area contributed by atoms with Crippen LogP contribution in [0.25, 0.3) is 0 Å². The van der Waals surface area contributed by atoms with E-state index in [0.717, 1.165) is 21.2 Å². The molecule has 0 heterocycles. The van der Waals surface area contributed by atoms with Gasteiger partial charge in [-0.1, -0.05) is 70.1 Å². The molecule has 4 aromatic rings. The van der Waals surface area contributed by atoms with E-state index in [0.29, 0.717) is 11.1 Å². The monoisotopic (exact) mass is 456 g/mol. The minimum absolute atomic E-state index is 0.137. The Kier molecular flexibility index (Phi) is 7.27. The Bertz CT molecular complexity index is 1120. The Balaban J connectivity index is 1.37. The Hall–Kier alpha value is -3.48. The fourth-order valence-electron chi connectivity index (χ4n) is 2.93. The molecule has 0 fully saturated rings. The third kappa shape index (κ3) is 6.03. The van der Waals surface area contributed by atoms with Gasteiger partial charge in [-0.2, -0.15) is 0 Å². The fraction of sp³-hybridized carbons (Fsp3) is 0. The molecule has 0 radical (unpaired) electrons. The van der Waals surface area contributed by atoms with Crippen LogP contribution in [0.4, 0.5) is 11.4 Å². The molecule has 4 rings (SSSR count). The molecule has 0 aliphatic heterocycles. The molecule has 0 aliphatic carbocycles. The lowest BCUT2D eigenvalue weighted by molar-refractivity contribution is 0.101. The molecular weight excluding hydrogens is 436 g/mol. The highest BCUT2D eigenvalue weighted by Crippen LogP contribution is 2.39. The van der Waals surface area contributed by atoms with E-state index < -0.39 is 0 Å². The number of hydrogen-bond acceptors (Lipinski definition) is 4. The Morgan fingerprint density at radius 1 is 0.500 bits per heavy atom. The Morgan fingerprint density at radius 3 is 1.31 bits per heavy atom. The number of benzene rings is 4. The molecule has 0 spiro atoms. The van der Waals surface area contributed by atoms with Gasteiger partial charge in [0.05, 0.1) is 0 Å². The van der Waals surface area contributed by atoms with Crippen LogP contribution in [0.3, 0.4) is 0 Å². The summed E-state index contributed by atoms with van der Waals surface area (Å²) in [6.45, 7) is 0. The fourth-order valence-corrected chi connectivity index (χ4v) is 4.94. The molecule has 0 unspecified atom stereocenters. The summed E-state index contributed by atoms with van der Waals surface area (Å²) < 4.78 is 0. The zero-order chi connectivity index (χ0) is 22.2. The molecule has 4 nitrogen and oxygen atoms in total. The molecule has 6 heteroatoms. The quantitative estimate of drug-likeness (QED) is 0.294. The summed E-state index contributed by atoms with van der Waals surface area (Å²) in [5.74, 6) is -0.274. The lowest BCUT2D eigenvalue weighted by atomic mass is 10.2. The molecule has 2 N–H and O–H groups in total. The van der Waals surface area contributed by atoms with Crippen LogP contribution >= 0.6 is 21.6 Å². The minimum Gasteiger partial charge on any atom is -0.322 e. The van der Waals surface area contributed by atoms with E-state index in [9.17, 15) is 9.59 Å². The van der Waals surface area contributed by atoms with Crippen molar-refractivity contribution in [2.45, 2.75) is 9.79 Å². The molecule has 0 saturated heterocycles. The average molecular weight is 457 g/mol. The number of nitrogens with one attached hydrogen (secondary N) is 2. The lowest BCUT2D eigenvalue weighted by Crippen LogP contribution is -2.11. The molecule has 158 valence electrons. The van der Waals surface area contributed by atoms with Gasteiger partial charge in [0.2, 0.25) is 0 Å². The van der Waals surface area contributed by atoms with E-state index in [1.807, 2.05) is 84.9 Å². The molecule has 0 aromatic heterocycles. The van der Waals surface area contributed by atoms with Gasteiger partial charge in [-0.25, -0.2) is 0 Å². The van der Waals surface area contributed by atoms with Crippen LogP contribution in [0.5, 0.6) is 0 Å². The summed E-state index contributed by atoms with van der Waals surface area (Å²) in [6, 6.07) is 33.7. The first-order chi connectivity index (χ1) is 15.7. The second-order valence-corrected chi connectivity index (χ2v) is 9.14. The first-order valence-corrected chi connectivity index (χ1v) is 12.1. The van der Waals surface area contributed by atoms with Crippen LogP contribution in [-0.4, -0.2) is 11.8 Å². The van der Waals surface area contributed by atoms with Gasteiger partial charge in [0, 0.05) is 32.3 Å². The third-order valence-corrected chi connectivity index (χ3v) is 6.87. The van der Waals surface area contributed by atoms with Gasteiger partial charge >= 0.3 is 0 Å². The first kappa shape index (κ1) is 21.7. The van der Waals surface area contributed by atoms with Crippen LogP contribution in [0.1, 0.15) is 20.7 Å². The van der Waals surface area contributed by atoms with E-state index in [1.54, 1.807) is 45.9 Å². The minimum atomic E-state index is -0.137. The zero-order valence-electron chi connectivity index (χ0n) is 17.0. The zero-order valence-corrected chi connectivity index (χ0v) is 18.7. The van der Waals surface area contributed by atoms with Gasteiger partial charge in [-0.3, -0.25) is 9.59 Å². The Morgan fingerprint density at radius 2 is 0.906 bits per heavy atom. The second-order valence-electron chi connectivity index (χ2n) is 6.86. The highest BCUT2D eigenvalue weighted by atomic mass is 33.1. The van der Waals surface area contributed by atoms with Crippen molar-refractivity contribution in [2.24, 2.45) is 0 Å². The van der Waals surface area contributed by atoms with Crippen molar-refractivity contribution < 1.29 is 9.59 Å². The van der Waals surface area contributed by atoms with Gasteiger partial charge < -0.3 is 10.6 Å². The maximum atomic E-state index is 12.4. The van der Waals surface area contributed by atoms with Crippen molar-refractivity contribution >= 4 is 44.8 Å². The van der Waals surface area contributed by atoms with Crippen molar-refractivity contribution in [3.05, 3.63) is 120 Å². The summed E-state index contributed by atoms with van der Waals surface area (Å²) in [7, 11) is 3.17. The van der Waals surface area contributed by atoms with E-state index >= 15 is 0 Å². The second kappa shape index (κ2) is 10.7. The smallest absolute Gasteiger partial charge is 0.255 e. The van der Waals surface area contributed by atoms with Gasteiger partial charge in [0.15, 0.2) is 0 Å². The van der Waals surface area contributed by atoms with Crippen LogP contribution in [0, 0.1) is 0 Å². The largest absolute Gasteiger partial charge is 0.322 e. The predicted octanol–water partition coefficient (Wildman–Crippen LogP) is 6.99. The number of anilines is 2. The highest BCUT2D eigenvalue weighted by molar-refractivity contribution is 8.76. The van der Waals surface area contributed by atoms with Gasteiger partial charge in [0.25, 0.3) is 11.8 Å².